The van der Waals surface area contributed by atoms with Gasteiger partial charge in [0.25, 0.3) is 0 Å². The third-order valence-electron chi connectivity index (χ3n) is 4.11. The molecule has 8 heteroatoms. The molecule has 1 aromatic carbocycles. The van der Waals surface area contributed by atoms with Gasteiger partial charge in [0.1, 0.15) is 16.6 Å². The van der Waals surface area contributed by atoms with E-state index < -0.39 is 17.0 Å². The summed E-state index contributed by atoms with van der Waals surface area (Å²) < 4.78 is 31.7. The molecule has 2 heterocycles. The molecule has 1 aliphatic rings. The van der Waals surface area contributed by atoms with E-state index in [1.165, 1.54) is 23.5 Å². The van der Waals surface area contributed by atoms with Gasteiger partial charge in [-0.1, -0.05) is 18.3 Å². The molecule has 24 heavy (non-hydrogen) atoms. The molecule has 3 rings (SSSR count). The van der Waals surface area contributed by atoms with Crippen molar-refractivity contribution in [1.82, 2.24) is 10.2 Å². The van der Waals surface area contributed by atoms with Gasteiger partial charge in [0, 0.05) is 25.7 Å². The zero-order valence-electron chi connectivity index (χ0n) is 13.1. The van der Waals surface area contributed by atoms with Crippen LogP contribution >= 0.6 is 11.3 Å². The fourth-order valence-electron chi connectivity index (χ4n) is 2.56. The number of benzene rings is 1. The highest BCUT2D eigenvalue weighted by molar-refractivity contribution is 7.15. The Bertz CT molecular complexity index is 724. The van der Waals surface area contributed by atoms with Crippen molar-refractivity contribution >= 4 is 22.4 Å². The maximum atomic E-state index is 13.2. The number of rotatable bonds is 4. The van der Waals surface area contributed by atoms with Crippen LogP contribution in [0.4, 0.5) is 13.9 Å². The summed E-state index contributed by atoms with van der Waals surface area (Å²) in [7, 11) is 0. The average Bonchev–Trinajstić information content (AvgIpc) is 2.94. The summed E-state index contributed by atoms with van der Waals surface area (Å²) >= 11 is 1.20. The normalized spacial score (nSPS) is 16.8. The van der Waals surface area contributed by atoms with Crippen molar-refractivity contribution in [3.05, 3.63) is 40.4 Å². The lowest BCUT2D eigenvalue weighted by atomic mass is 9.81. The molecule has 0 spiro atoms. The summed E-state index contributed by atoms with van der Waals surface area (Å²) in [5, 5.41) is 11.7. The zero-order chi connectivity index (χ0) is 17.2. The molecule has 0 bridgehead atoms. The average molecular weight is 353 g/mol. The van der Waals surface area contributed by atoms with Crippen molar-refractivity contribution in [3.63, 3.8) is 0 Å². The van der Waals surface area contributed by atoms with Gasteiger partial charge < -0.3 is 10.1 Å². The van der Waals surface area contributed by atoms with Crippen LogP contribution in [0, 0.1) is 17.0 Å². The van der Waals surface area contributed by atoms with Gasteiger partial charge in [0.2, 0.25) is 11.0 Å². The fourth-order valence-corrected chi connectivity index (χ4v) is 3.33. The first-order chi connectivity index (χ1) is 11.4. The minimum Gasteiger partial charge on any atom is -0.381 e. The Balaban J connectivity index is 1.66. The molecule has 5 nitrogen and oxygen atoms in total. The Hall–Kier alpha value is -1.93. The van der Waals surface area contributed by atoms with Crippen LogP contribution in [-0.2, 0) is 16.0 Å². The van der Waals surface area contributed by atoms with E-state index in [0.29, 0.717) is 41.8 Å². The van der Waals surface area contributed by atoms with E-state index in [-0.39, 0.29) is 12.3 Å². The van der Waals surface area contributed by atoms with Crippen molar-refractivity contribution in [2.45, 2.75) is 26.2 Å². The zero-order valence-corrected chi connectivity index (χ0v) is 14.0. The molecule has 128 valence electrons. The number of ether oxygens (including phenoxy) is 1. The highest BCUT2D eigenvalue weighted by Gasteiger charge is 2.35. The Labute approximate surface area is 142 Å². The van der Waals surface area contributed by atoms with Crippen molar-refractivity contribution in [2.75, 3.05) is 18.5 Å². The summed E-state index contributed by atoms with van der Waals surface area (Å²) in [6.07, 6.45) is 1.58. The number of hydrogen-bond acceptors (Lipinski definition) is 5. The summed E-state index contributed by atoms with van der Waals surface area (Å²) in [6.45, 7) is 3.04. The fraction of sp³-hybridized carbons (Fsp3) is 0.438. The molecule has 0 atom stereocenters. The van der Waals surface area contributed by atoms with E-state index in [1.54, 1.807) is 0 Å². The van der Waals surface area contributed by atoms with Gasteiger partial charge in [0.05, 0.1) is 5.41 Å². The maximum Gasteiger partial charge on any atom is 0.232 e. The first-order valence-corrected chi connectivity index (χ1v) is 8.43. The molecule has 1 amide bonds. The number of amides is 1. The van der Waals surface area contributed by atoms with Crippen LogP contribution in [0.3, 0.4) is 0 Å². The Morgan fingerprint density at radius 1 is 1.25 bits per heavy atom. The van der Waals surface area contributed by atoms with E-state index in [9.17, 15) is 13.6 Å². The van der Waals surface area contributed by atoms with E-state index in [0.717, 1.165) is 6.07 Å². The largest absolute Gasteiger partial charge is 0.381 e. The third-order valence-corrected chi connectivity index (χ3v) is 4.95. The molecular formula is C16H17F2N3O2S. The van der Waals surface area contributed by atoms with Gasteiger partial charge in [-0.05, 0) is 30.5 Å². The van der Waals surface area contributed by atoms with Gasteiger partial charge in [-0.25, -0.2) is 8.78 Å². The topological polar surface area (TPSA) is 64.1 Å². The molecule has 2 aromatic rings. The summed E-state index contributed by atoms with van der Waals surface area (Å²) in [6, 6.07) is 3.33. The second kappa shape index (κ2) is 6.90. The predicted octanol–water partition coefficient (Wildman–Crippen LogP) is 3.16. The highest BCUT2D eigenvalue weighted by atomic mass is 32.1. The second-order valence-corrected chi connectivity index (χ2v) is 7.14. The predicted molar refractivity (Wildman–Crippen MR) is 85.9 cm³/mol. The van der Waals surface area contributed by atoms with Crippen LogP contribution in [-0.4, -0.2) is 29.3 Å². The van der Waals surface area contributed by atoms with Crippen LogP contribution in [0.25, 0.3) is 0 Å². The smallest absolute Gasteiger partial charge is 0.232 e. The van der Waals surface area contributed by atoms with Crippen LogP contribution in [0.1, 0.15) is 30.3 Å². The van der Waals surface area contributed by atoms with E-state index in [1.807, 2.05) is 6.92 Å². The number of halogens is 2. The van der Waals surface area contributed by atoms with Crippen LogP contribution < -0.4 is 5.32 Å². The SMILES string of the molecule is CC1(C(=O)Nc2nnc(Cc3cc(F)cc(F)c3)s2)CCOCC1. The lowest BCUT2D eigenvalue weighted by Gasteiger charge is -2.31. The highest BCUT2D eigenvalue weighted by Crippen LogP contribution is 2.31. The molecule has 0 unspecified atom stereocenters. The number of anilines is 1. The van der Waals surface area contributed by atoms with Gasteiger partial charge in [0.15, 0.2) is 0 Å². The molecule has 0 aliphatic carbocycles. The van der Waals surface area contributed by atoms with Gasteiger partial charge in [-0.3, -0.25) is 4.79 Å². The van der Waals surface area contributed by atoms with Gasteiger partial charge >= 0.3 is 0 Å². The number of hydrogen-bond donors (Lipinski definition) is 1. The molecule has 0 saturated carbocycles. The Morgan fingerprint density at radius 2 is 1.92 bits per heavy atom. The van der Waals surface area contributed by atoms with Crippen LogP contribution in [0.2, 0.25) is 0 Å². The summed E-state index contributed by atoms with van der Waals surface area (Å²) in [4.78, 5) is 12.4. The van der Waals surface area contributed by atoms with Gasteiger partial charge in [-0.15, -0.1) is 10.2 Å². The number of carbonyl (C=O) groups excluding carboxylic acids is 1. The third kappa shape index (κ3) is 3.93. The number of nitrogens with zero attached hydrogens (tertiary/aromatic N) is 2. The van der Waals surface area contributed by atoms with Gasteiger partial charge in [-0.2, -0.15) is 0 Å². The van der Waals surface area contributed by atoms with Crippen molar-refractivity contribution in [1.29, 1.82) is 0 Å². The van der Waals surface area contributed by atoms with Crippen LogP contribution in [0.15, 0.2) is 18.2 Å². The first kappa shape index (κ1) is 16.9. The minimum atomic E-state index is -0.629. The quantitative estimate of drug-likeness (QED) is 0.917. The minimum absolute atomic E-state index is 0.106. The van der Waals surface area contributed by atoms with Crippen LogP contribution in [0.5, 0.6) is 0 Å². The molecule has 1 saturated heterocycles. The number of carbonyl (C=O) groups is 1. The van der Waals surface area contributed by atoms with Crippen molar-refractivity contribution in [2.24, 2.45) is 5.41 Å². The summed E-state index contributed by atoms with van der Waals surface area (Å²) in [5.74, 6) is -1.36. The first-order valence-electron chi connectivity index (χ1n) is 7.61. The Morgan fingerprint density at radius 3 is 2.58 bits per heavy atom. The molecule has 1 N–H and O–H groups in total. The molecule has 1 fully saturated rings. The molecular weight excluding hydrogens is 336 g/mol. The molecule has 0 radical (unpaired) electrons. The monoisotopic (exact) mass is 353 g/mol. The van der Waals surface area contributed by atoms with Crippen molar-refractivity contribution in [3.8, 4) is 0 Å². The standard InChI is InChI=1S/C16H17F2N3O2S/c1-16(2-4-23-5-3-16)14(22)19-15-21-20-13(24-15)8-10-6-11(17)9-12(18)7-10/h6-7,9H,2-5,8H2,1H3,(H,19,21,22). The lowest BCUT2D eigenvalue weighted by molar-refractivity contribution is -0.129. The second-order valence-electron chi connectivity index (χ2n) is 6.08. The Kier molecular flexibility index (Phi) is 4.86. The van der Waals surface area contributed by atoms with E-state index in [2.05, 4.69) is 15.5 Å². The maximum absolute atomic E-state index is 13.2. The molecule has 1 aliphatic heterocycles. The number of aromatic nitrogens is 2. The van der Waals surface area contributed by atoms with E-state index >= 15 is 0 Å². The lowest BCUT2D eigenvalue weighted by Crippen LogP contribution is -2.38. The van der Waals surface area contributed by atoms with Crippen molar-refractivity contribution < 1.29 is 18.3 Å². The number of nitrogens with one attached hydrogen (secondary N) is 1. The summed E-state index contributed by atoms with van der Waals surface area (Å²) in [5.41, 5.74) is -0.00612. The van der Waals surface area contributed by atoms with E-state index in [4.69, 9.17) is 4.74 Å². The molecule has 1 aromatic heterocycles.